The van der Waals surface area contributed by atoms with Crippen molar-refractivity contribution in [3.8, 4) is 17.3 Å². The predicted octanol–water partition coefficient (Wildman–Crippen LogP) is 2.79. The Morgan fingerprint density at radius 1 is 1.29 bits per heavy atom. The molecular weight excluding hydrogens is 360 g/mol. The van der Waals surface area contributed by atoms with Gasteiger partial charge in [-0.25, -0.2) is 9.97 Å². The summed E-state index contributed by atoms with van der Waals surface area (Å²) in [5, 5.41) is 6.72. The zero-order valence-corrected chi connectivity index (χ0v) is 15.2. The third-order valence-corrected chi connectivity index (χ3v) is 4.02. The van der Waals surface area contributed by atoms with Gasteiger partial charge in [-0.2, -0.15) is 4.98 Å². The van der Waals surface area contributed by atoms with Crippen molar-refractivity contribution in [3.05, 3.63) is 66.5 Å². The maximum Gasteiger partial charge on any atom is 0.271 e. The predicted molar refractivity (Wildman–Crippen MR) is 98.5 cm³/mol. The Bertz CT molecular complexity index is 1070. The van der Waals surface area contributed by atoms with E-state index in [1.807, 2.05) is 0 Å². The van der Waals surface area contributed by atoms with E-state index >= 15 is 0 Å². The zero-order chi connectivity index (χ0) is 19.3. The molecule has 0 saturated heterocycles. The first-order chi connectivity index (χ1) is 13.7. The monoisotopic (exact) mass is 378 g/mol. The van der Waals surface area contributed by atoms with Crippen molar-refractivity contribution in [1.82, 2.24) is 30.0 Å². The van der Waals surface area contributed by atoms with Gasteiger partial charge in [0.15, 0.2) is 5.82 Å². The number of pyridine rings is 1. The normalized spacial score (nSPS) is 10.9. The molecule has 0 fully saturated rings. The maximum absolute atomic E-state index is 12.3. The van der Waals surface area contributed by atoms with E-state index in [0.717, 1.165) is 18.4 Å². The van der Waals surface area contributed by atoms with Crippen LogP contribution in [-0.4, -0.2) is 30.6 Å². The standard InChI is InChI=1S/C19H18N6O3/c1-2-4-16-23-19(28-24-16)13-6-7-20-17(9-13)25-11-15(22-12-25)18(26)21-10-14-5-3-8-27-14/h3,5-9,11-12H,2,4,10H2,1H3,(H,21,26). The van der Waals surface area contributed by atoms with E-state index in [2.05, 4.69) is 32.3 Å². The Hall–Kier alpha value is -3.75. The van der Waals surface area contributed by atoms with Crippen LogP contribution in [0.1, 0.15) is 35.4 Å². The first-order valence-electron chi connectivity index (χ1n) is 8.87. The highest BCUT2D eigenvalue weighted by atomic mass is 16.5. The van der Waals surface area contributed by atoms with Crippen LogP contribution < -0.4 is 5.32 Å². The Kier molecular flexibility index (Phi) is 4.96. The minimum absolute atomic E-state index is 0.279. The zero-order valence-electron chi connectivity index (χ0n) is 15.2. The molecule has 1 N–H and O–H groups in total. The lowest BCUT2D eigenvalue weighted by Gasteiger charge is -2.02. The van der Waals surface area contributed by atoms with Gasteiger partial charge in [0.1, 0.15) is 23.6 Å². The Morgan fingerprint density at radius 2 is 2.21 bits per heavy atom. The van der Waals surface area contributed by atoms with E-state index in [9.17, 15) is 4.79 Å². The van der Waals surface area contributed by atoms with Crippen molar-refractivity contribution in [1.29, 1.82) is 0 Å². The number of aromatic nitrogens is 5. The Labute approximate surface area is 160 Å². The van der Waals surface area contributed by atoms with Crippen LogP contribution in [0.2, 0.25) is 0 Å². The van der Waals surface area contributed by atoms with E-state index in [-0.39, 0.29) is 11.6 Å². The lowest BCUT2D eigenvalue weighted by molar-refractivity contribution is 0.0943. The van der Waals surface area contributed by atoms with Crippen LogP contribution in [0, 0.1) is 0 Å². The van der Waals surface area contributed by atoms with Crippen molar-refractivity contribution in [2.45, 2.75) is 26.3 Å². The van der Waals surface area contributed by atoms with Crippen LogP contribution in [0.3, 0.4) is 0 Å². The third-order valence-electron chi connectivity index (χ3n) is 4.02. The molecule has 9 nitrogen and oxygen atoms in total. The number of amides is 1. The van der Waals surface area contributed by atoms with Gasteiger partial charge in [-0.3, -0.25) is 9.36 Å². The molecule has 0 saturated carbocycles. The van der Waals surface area contributed by atoms with Crippen molar-refractivity contribution >= 4 is 5.91 Å². The fourth-order valence-electron chi connectivity index (χ4n) is 2.63. The van der Waals surface area contributed by atoms with Crippen LogP contribution in [0.25, 0.3) is 17.3 Å². The quantitative estimate of drug-likeness (QED) is 0.526. The Morgan fingerprint density at radius 3 is 3.04 bits per heavy atom. The minimum Gasteiger partial charge on any atom is -0.467 e. The lowest BCUT2D eigenvalue weighted by atomic mass is 10.2. The van der Waals surface area contributed by atoms with Crippen LogP contribution in [0.4, 0.5) is 0 Å². The summed E-state index contributed by atoms with van der Waals surface area (Å²) in [5.41, 5.74) is 1.03. The molecule has 4 rings (SSSR count). The molecule has 4 heterocycles. The summed E-state index contributed by atoms with van der Waals surface area (Å²) in [4.78, 5) is 25.1. The highest BCUT2D eigenvalue weighted by Crippen LogP contribution is 2.19. The van der Waals surface area contributed by atoms with E-state index < -0.39 is 0 Å². The summed E-state index contributed by atoms with van der Waals surface area (Å²) in [6.07, 6.45) is 8.05. The molecule has 0 aliphatic rings. The summed E-state index contributed by atoms with van der Waals surface area (Å²) in [6, 6.07) is 7.15. The van der Waals surface area contributed by atoms with Gasteiger partial charge in [0.05, 0.1) is 12.8 Å². The molecule has 0 spiro atoms. The molecule has 0 aliphatic carbocycles. The summed E-state index contributed by atoms with van der Waals surface area (Å²) in [6.45, 7) is 2.35. The molecule has 0 aliphatic heterocycles. The average molecular weight is 378 g/mol. The van der Waals surface area contributed by atoms with Gasteiger partial charge in [-0.1, -0.05) is 12.1 Å². The van der Waals surface area contributed by atoms with Crippen LogP contribution >= 0.6 is 0 Å². The average Bonchev–Trinajstić information content (AvgIpc) is 3.48. The molecule has 4 aromatic rings. The number of carbonyl (C=O) groups excluding carboxylic acids is 1. The Balaban J connectivity index is 1.49. The molecule has 0 unspecified atom stereocenters. The molecule has 0 atom stereocenters. The number of furan rings is 1. The van der Waals surface area contributed by atoms with Crippen molar-refractivity contribution < 1.29 is 13.7 Å². The topological polar surface area (TPSA) is 112 Å². The molecule has 0 bridgehead atoms. The van der Waals surface area contributed by atoms with Gasteiger partial charge in [0.25, 0.3) is 11.8 Å². The minimum atomic E-state index is -0.299. The summed E-state index contributed by atoms with van der Waals surface area (Å²) >= 11 is 0. The second-order valence-electron chi connectivity index (χ2n) is 6.10. The van der Waals surface area contributed by atoms with Crippen LogP contribution in [0.5, 0.6) is 0 Å². The first-order valence-corrected chi connectivity index (χ1v) is 8.87. The molecule has 9 heteroatoms. The van der Waals surface area contributed by atoms with Gasteiger partial charge in [0.2, 0.25) is 0 Å². The number of rotatable bonds is 7. The summed E-state index contributed by atoms with van der Waals surface area (Å²) < 4.78 is 12.2. The van der Waals surface area contributed by atoms with E-state index in [0.29, 0.717) is 29.8 Å². The third kappa shape index (κ3) is 3.83. The molecule has 28 heavy (non-hydrogen) atoms. The van der Waals surface area contributed by atoms with E-state index in [4.69, 9.17) is 8.94 Å². The van der Waals surface area contributed by atoms with Crippen molar-refractivity contribution in [3.63, 3.8) is 0 Å². The first kappa shape index (κ1) is 17.7. The second-order valence-corrected chi connectivity index (χ2v) is 6.10. The number of nitrogens with one attached hydrogen (secondary N) is 1. The summed E-state index contributed by atoms with van der Waals surface area (Å²) in [7, 11) is 0. The number of aryl methyl sites for hydroxylation is 1. The van der Waals surface area contributed by atoms with Gasteiger partial charge < -0.3 is 14.3 Å². The maximum atomic E-state index is 12.3. The molecular formula is C19H18N6O3. The number of imidazole rings is 1. The van der Waals surface area contributed by atoms with E-state index in [1.165, 1.54) is 6.33 Å². The smallest absolute Gasteiger partial charge is 0.271 e. The fraction of sp³-hybridized carbons (Fsp3) is 0.211. The van der Waals surface area contributed by atoms with Gasteiger partial charge >= 0.3 is 0 Å². The van der Waals surface area contributed by atoms with Crippen LogP contribution in [-0.2, 0) is 13.0 Å². The molecule has 142 valence electrons. The largest absolute Gasteiger partial charge is 0.467 e. The summed E-state index contributed by atoms with van der Waals surface area (Å²) in [5.74, 6) is 2.07. The van der Waals surface area contributed by atoms with Crippen LogP contribution in [0.15, 0.2) is 58.2 Å². The molecule has 0 aromatic carbocycles. The fourth-order valence-corrected chi connectivity index (χ4v) is 2.63. The lowest BCUT2D eigenvalue weighted by Crippen LogP contribution is -2.22. The number of nitrogens with zero attached hydrogens (tertiary/aromatic N) is 5. The number of carbonyl (C=O) groups is 1. The SMILES string of the molecule is CCCc1noc(-c2ccnc(-n3cnc(C(=O)NCc4ccco4)c3)c2)n1. The van der Waals surface area contributed by atoms with Gasteiger partial charge in [0, 0.05) is 24.4 Å². The van der Waals surface area contributed by atoms with Crippen molar-refractivity contribution in [2.75, 3.05) is 0 Å². The highest BCUT2D eigenvalue weighted by molar-refractivity contribution is 5.92. The van der Waals surface area contributed by atoms with Crippen molar-refractivity contribution in [2.24, 2.45) is 0 Å². The van der Waals surface area contributed by atoms with Gasteiger partial charge in [-0.05, 0) is 30.7 Å². The molecule has 1 amide bonds. The van der Waals surface area contributed by atoms with E-state index in [1.54, 1.807) is 47.5 Å². The second kappa shape index (κ2) is 7.87. The number of hydrogen-bond donors (Lipinski definition) is 1. The number of hydrogen-bond acceptors (Lipinski definition) is 7. The van der Waals surface area contributed by atoms with Gasteiger partial charge in [-0.15, -0.1) is 0 Å². The molecule has 0 radical (unpaired) electrons. The highest BCUT2D eigenvalue weighted by Gasteiger charge is 2.13. The molecule has 4 aromatic heterocycles.